The molecule has 0 aliphatic heterocycles. The van der Waals surface area contributed by atoms with Crippen LogP contribution >= 0.6 is 11.8 Å². The summed E-state index contributed by atoms with van der Waals surface area (Å²) in [5, 5.41) is 10.9. The van der Waals surface area contributed by atoms with Gasteiger partial charge in [-0.2, -0.15) is 5.26 Å². The molecule has 7 heteroatoms. The van der Waals surface area contributed by atoms with E-state index >= 15 is 0 Å². The van der Waals surface area contributed by atoms with E-state index < -0.39 is 5.56 Å². The van der Waals surface area contributed by atoms with E-state index in [9.17, 15) is 10.1 Å². The number of methoxy groups -OCH3 is 1. The number of hydrogen-bond donors (Lipinski definition) is 1. The van der Waals surface area contributed by atoms with Crippen LogP contribution in [0, 0.1) is 11.3 Å². The monoisotopic (exact) mass is 400 g/mol. The van der Waals surface area contributed by atoms with Gasteiger partial charge < -0.3 is 9.72 Å². The van der Waals surface area contributed by atoms with Crippen LogP contribution in [-0.2, 0) is 5.75 Å². The summed E-state index contributed by atoms with van der Waals surface area (Å²) < 4.78 is 5.16. The predicted molar refractivity (Wildman–Crippen MR) is 113 cm³/mol. The molecule has 2 aromatic heterocycles. The van der Waals surface area contributed by atoms with E-state index in [2.05, 4.69) is 15.0 Å². The maximum absolute atomic E-state index is 12.4. The standard InChI is InChI=1S/C22H16N4O2S/c1-28-17-8-6-16(7-9-17)20-18(12-23)21(27)26-22(25-20)29-13-14-4-5-15-3-2-10-24-19(15)11-14/h2-11H,13H2,1H3,(H,25,26,27). The highest BCUT2D eigenvalue weighted by Gasteiger charge is 2.14. The van der Waals surface area contributed by atoms with Gasteiger partial charge in [-0.25, -0.2) is 4.98 Å². The van der Waals surface area contributed by atoms with Gasteiger partial charge in [0.25, 0.3) is 5.56 Å². The molecule has 4 aromatic rings. The summed E-state index contributed by atoms with van der Waals surface area (Å²) in [4.78, 5) is 24.0. The van der Waals surface area contributed by atoms with Crippen LogP contribution in [0.1, 0.15) is 11.1 Å². The molecule has 1 N–H and O–H groups in total. The second-order valence-electron chi connectivity index (χ2n) is 6.25. The summed E-state index contributed by atoms with van der Waals surface area (Å²) in [7, 11) is 1.58. The fourth-order valence-electron chi connectivity index (χ4n) is 2.94. The molecule has 0 saturated carbocycles. The zero-order chi connectivity index (χ0) is 20.2. The number of nitrogens with zero attached hydrogens (tertiary/aromatic N) is 3. The molecule has 2 aromatic carbocycles. The number of thioether (sulfide) groups is 1. The van der Waals surface area contributed by atoms with E-state index in [1.807, 2.05) is 36.4 Å². The first-order chi connectivity index (χ1) is 14.2. The minimum Gasteiger partial charge on any atom is -0.497 e. The normalized spacial score (nSPS) is 10.6. The Morgan fingerprint density at radius 2 is 2.00 bits per heavy atom. The van der Waals surface area contributed by atoms with Crippen molar-refractivity contribution in [1.29, 1.82) is 5.26 Å². The molecule has 6 nitrogen and oxygen atoms in total. The fourth-order valence-corrected chi connectivity index (χ4v) is 3.74. The van der Waals surface area contributed by atoms with Gasteiger partial charge in [-0.3, -0.25) is 9.78 Å². The molecule has 0 bridgehead atoms. The number of fused-ring (bicyclic) bond motifs is 1. The number of benzene rings is 2. The second kappa shape index (κ2) is 8.17. The van der Waals surface area contributed by atoms with E-state index in [-0.39, 0.29) is 5.56 Å². The highest BCUT2D eigenvalue weighted by Crippen LogP contribution is 2.26. The number of aromatic amines is 1. The zero-order valence-electron chi connectivity index (χ0n) is 15.5. The van der Waals surface area contributed by atoms with E-state index in [1.165, 1.54) is 11.8 Å². The molecule has 0 unspecified atom stereocenters. The molecule has 0 saturated heterocycles. The van der Waals surface area contributed by atoms with Gasteiger partial charge in [-0.1, -0.05) is 30.0 Å². The molecule has 0 amide bonds. The minimum atomic E-state index is -0.448. The van der Waals surface area contributed by atoms with Gasteiger partial charge in [-0.05, 0) is 42.0 Å². The van der Waals surface area contributed by atoms with Crippen LogP contribution in [-0.4, -0.2) is 22.1 Å². The topological polar surface area (TPSA) is 91.7 Å². The van der Waals surface area contributed by atoms with Crippen LogP contribution in [0.2, 0.25) is 0 Å². The Morgan fingerprint density at radius 1 is 1.17 bits per heavy atom. The Kier molecular flexibility index (Phi) is 5.27. The molecule has 4 rings (SSSR count). The number of nitriles is 1. The second-order valence-corrected chi connectivity index (χ2v) is 7.22. The van der Waals surface area contributed by atoms with Gasteiger partial charge in [0.2, 0.25) is 0 Å². The molecule has 0 radical (unpaired) electrons. The molecule has 29 heavy (non-hydrogen) atoms. The third-order valence-corrected chi connectivity index (χ3v) is 5.36. The van der Waals surface area contributed by atoms with Crippen LogP contribution in [0.5, 0.6) is 5.75 Å². The smallest absolute Gasteiger partial charge is 0.270 e. The molecule has 2 heterocycles. The number of hydrogen-bond acceptors (Lipinski definition) is 6. The lowest BCUT2D eigenvalue weighted by atomic mass is 10.1. The van der Waals surface area contributed by atoms with Crippen LogP contribution in [0.4, 0.5) is 0 Å². The highest BCUT2D eigenvalue weighted by molar-refractivity contribution is 7.98. The SMILES string of the molecule is COc1ccc(-c2nc(SCc3ccc4cccnc4c3)[nH]c(=O)c2C#N)cc1. The van der Waals surface area contributed by atoms with Gasteiger partial charge >= 0.3 is 0 Å². The molecule has 0 fully saturated rings. The lowest BCUT2D eigenvalue weighted by Crippen LogP contribution is -2.14. The van der Waals surface area contributed by atoms with Crippen molar-refractivity contribution < 1.29 is 4.74 Å². The van der Waals surface area contributed by atoms with Gasteiger partial charge in [-0.15, -0.1) is 0 Å². The van der Waals surface area contributed by atoms with Crippen molar-refractivity contribution in [2.45, 2.75) is 10.9 Å². The maximum Gasteiger partial charge on any atom is 0.270 e. The Labute approximate surface area is 171 Å². The van der Waals surface area contributed by atoms with E-state index in [4.69, 9.17) is 4.74 Å². The average molecular weight is 400 g/mol. The average Bonchev–Trinajstić information content (AvgIpc) is 2.77. The number of pyridine rings is 1. The van der Waals surface area contributed by atoms with Crippen molar-refractivity contribution in [3.8, 4) is 23.1 Å². The number of H-pyrrole nitrogens is 1. The van der Waals surface area contributed by atoms with Crippen LogP contribution in [0.25, 0.3) is 22.2 Å². The lowest BCUT2D eigenvalue weighted by Gasteiger charge is -2.08. The third kappa shape index (κ3) is 3.98. The number of nitrogens with one attached hydrogen (secondary N) is 1. The van der Waals surface area contributed by atoms with E-state index in [1.54, 1.807) is 37.6 Å². The first-order valence-electron chi connectivity index (χ1n) is 8.83. The van der Waals surface area contributed by atoms with Gasteiger partial charge in [0, 0.05) is 22.9 Å². The predicted octanol–water partition coefficient (Wildman–Crippen LogP) is 4.16. The Hall–Kier alpha value is -3.63. The van der Waals surface area contributed by atoms with Gasteiger partial charge in [0.05, 0.1) is 18.3 Å². The van der Waals surface area contributed by atoms with Crippen molar-refractivity contribution in [2.75, 3.05) is 7.11 Å². The van der Waals surface area contributed by atoms with Crippen molar-refractivity contribution in [2.24, 2.45) is 0 Å². The molecule has 142 valence electrons. The summed E-state index contributed by atoms with van der Waals surface area (Å²) in [6.07, 6.45) is 1.76. The quantitative estimate of drug-likeness (QED) is 0.400. The molecule has 0 atom stereocenters. The largest absolute Gasteiger partial charge is 0.497 e. The first-order valence-corrected chi connectivity index (χ1v) is 9.82. The summed E-state index contributed by atoms with van der Waals surface area (Å²) >= 11 is 1.40. The molecular formula is C22H16N4O2S. The van der Waals surface area contributed by atoms with E-state index in [0.29, 0.717) is 27.9 Å². The summed E-state index contributed by atoms with van der Waals surface area (Å²) in [5.74, 6) is 1.31. The Bertz CT molecular complexity index is 1280. The summed E-state index contributed by atoms with van der Waals surface area (Å²) in [5.41, 5.74) is 2.59. The van der Waals surface area contributed by atoms with Gasteiger partial charge in [0.1, 0.15) is 17.4 Å². The Morgan fingerprint density at radius 3 is 2.76 bits per heavy atom. The molecular weight excluding hydrogens is 384 g/mol. The molecule has 0 aliphatic carbocycles. The minimum absolute atomic E-state index is 0.00516. The summed E-state index contributed by atoms with van der Waals surface area (Å²) in [6, 6.07) is 19.1. The van der Waals surface area contributed by atoms with E-state index in [0.717, 1.165) is 16.5 Å². The van der Waals surface area contributed by atoms with Crippen molar-refractivity contribution in [3.05, 3.63) is 82.3 Å². The Balaban J connectivity index is 1.64. The molecule has 0 aliphatic rings. The highest BCUT2D eigenvalue weighted by atomic mass is 32.2. The van der Waals surface area contributed by atoms with Crippen LogP contribution in [0.3, 0.4) is 0 Å². The number of aromatic nitrogens is 3. The van der Waals surface area contributed by atoms with Crippen molar-refractivity contribution in [3.63, 3.8) is 0 Å². The van der Waals surface area contributed by atoms with Crippen LogP contribution < -0.4 is 10.3 Å². The first kappa shape index (κ1) is 18.7. The lowest BCUT2D eigenvalue weighted by molar-refractivity contribution is 0.415. The van der Waals surface area contributed by atoms with Crippen molar-refractivity contribution >= 4 is 22.7 Å². The summed E-state index contributed by atoms with van der Waals surface area (Å²) in [6.45, 7) is 0. The third-order valence-electron chi connectivity index (χ3n) is 4.42. The fraction of sp³-hybridized carbons (Fsp3) is 0.0909. The van der Waals surface area contributed by atoms with Gasteiger partial charge in [0.15, 0.2) is 5.16 Å². The number of ether oxygens (including phenoxy) is 1. The number of rotatable bonds is 5. The maximum atomic E-state index is 12.4. The zero-order valence-corrected chi connectivity index (χ0v) is 16.4. The molecule has 0 spiro atoms. The van der Waals surface area contributed by atoms with Crippen molar-refractivity contribution in [1.82, 2.24) is 15.0 Å². The van der Waals surface area contributed by atoms with Crippen LogP contribution in [0.15, 0.2) is 70.7 Å².